The fourth-order valence-corrected chi connectivity index (χ4v) is 5.09. The SMILES string of the molecule is CC(C)CC1CNCCC12CCN1CCCCC12. The standard InChI is InChI=1S/C16H30N2/c1-13(2)11-14-12-17-8-6-16(14)7-10-18-9-4-3-5-15(16)18/h13-15,17H,3-12H2,1-2H3. The first-order valence-corrected chi connectivity index (χ1v) is 8.17. The van der Waals surface area contributed by atoms with Crippen molar-refractivity contribution in [1.82, 2.24) is 10.2 Å². The maximum Gasteiger partial charge on any atom is 0.0156 e. The lowest BCUT2D eigenvalue weighted by atomic mass is 9.62. The number of hydrogen-bond acceptors (Lipinski definition) is 2. The summed E-state index contributed by atoms with van der Waals surface area (Å²) in [6.45, 7) is 10.1. The van der Waals surface area contributed by atoms with E-state index in [4.69, 9.17) is 0 Å². The minimum atomic E-state index is 0.677. The van der Waals surface area contributed by atoms with Crippen LogP contribution in [0.5, 0.6) is 0 Å². The first kappa shape index (κ1) is 12.9. The molecular weight excluding hydrogens is 220 g/mol. The van der Waals surface area contributed by atoms with Crippen molar-refractivity contribution in [3.8, 4) is 0 Å². The third-order valence-electron chi connectivity index (χ3n) is 5.87. The van der Waals surface area contributed by atoms with E-state index in [0.717, 1.165) is 17.9 Å². The van der Waals surface area contributed by atoms with Gasteiger partial charge >= 0.3 is 0 Å². The minimum Gasteiger partial charge on any atom is -0.316 e. The molecule has 0 radical (unpaired) electrons. The van der Waals surface area contributed by atoms with Crippen molar-refractivity contribution in [2.24, 2.45) is 17.3 Å². The Bertz CT molecular complexity index is 289. The zero-order valence-corrected chi connectivity index (χ0v) is 12.3. The maximum atomic E-state index is 3.67. The van der Waals surface area contributed by atoms with E-state index in [9.17, 15) is 0 Å². The van der Waals surface area contributed by atoms with Crippen molar-refractivity contribution in [3.63, 3.8) is 0 Å². The molecule has 3 rings (SSSR count). The summed E-state index contributed by atoms with van der Waals surface area (Å²) in [5.41, 5.74) is 0.677. The quantitative estimate of drug-likeness (QED) is 0.810. The molecule has 2 heteroatoms. The van der Waals surface area contributed by atoms with Gasteiger partial charge in [-0.05, 0) is 75.5 Å². The van der Waals surface area contributed by atoms with Crippen molar-refractivity contribution in [1.29, 1.82) is 0 Å². The molecule has 3 atom stereocenters. The summed E-state index contributed by atoms with van der Waals surface area (Å²) in [5.74, 6) is 1.78. The summed E-state index contributed by atoms with van der Waals surface area (Å²) >= 11 is 0. The summed E-state index contributed by atoms with van der Waals surface area (Å²) in [6.07, 6.45) is 8.75. The first-order chi connectivity index (χ1) is 8.72. The highest BCUT2D eigenvalue weighted by Crippen LogP contribution is 2.51. The van der Waals surface area contributed by atoms with Crippen LogP contribution >= 0.6 is 0 Å². The average molecular weight is 250 g/mol. The Balaban J connectivity index is 1.81. The van der Waals surface area contributed by atoms with Crippen LogP contribution in [0.2, 0.25) is 0 Å². The summed E-state index contributed by atoms with van der Waals surface area (Å²) in [7, 11) is 0. The molecule has 3 saturated heterocycles. The van der Waals surface area contributed by atoms with Gasteiger partial charge in [0.1, 0.15) is 0 Å². The predicted molar refractivity (Wildman–Crippen MR) is 76.7 cm³/mol. The Hall–Kier alpha value is -0.0800. The number of hydrogen-bond donors (Lipinski definition) is 1. The summed E-state index contributed by atoms with van der Waals surface area (Å²) in [5, 5.41) is 3.67. The summed E-state index contributed by atoms with van der Waals surface area (Å²) in [6, 6.07) is 0.928. The smallest absolute Gasteiger partial charge is 0.0156 e. The van der Waals surface area contributed by atoms with E-state index in [1.165, 1.54) is 64.7 Å². The van der Waals surface area contributed by atoms with Gasteiger partial charge in [-0.1, -0.05) is 20.3 Å². The number of piperidine rings is 2. The van der Waals surface area contributed by atoms with E-state index in [1.54, 1.807) is 0 Å². The fourth-order valence-electron chi connectivity index (χ4n) is 5.09. The van der Waals surface area contributed by atoms with Crippen LogP contribution < -0.4 is 5.32 Å². The molecule has 3 unspecified atom stereocenters. The predicted octanol–water partition coefficient (Wildman–Crippen LogP) is 2.89. The van der Waals surface area contributed by atoms with Crippen LogP contribution in [0.3, 0.4) is 0 Å². The second kappa shape index (κ2) is 5.13. The first-order valence-electron chi connectivity index (χ1n) is 8.17. The molecule has 2 nitrogen and oxygen atoms in total. The van der Waals surface area contributed by atoms with Crippen molar-refractivity contribution in [3.05, 3.63) is 0 Å². The Morgan fingerprint density at radius 3 is 2.94 bits per heavy atom. The van der Waals surface area contributed by atoms with Crippen molar-refractivity contribution >= 4 is 0 Å². The van der Waals surface area contributed by atoms with Crippen LogP contribution in [0.25, 0.3) is 0 Å². The molecule has 0 bridgehead atoms. The molecule has 1 N–H and O–H groups in total. The Morgan fingerprint density at radius 1 is 1.22 bits per heavy atom. The van der Waals surface area contributed by atoms with Gasteiger partial charge in [0.25, 0.3) is 0 Å². The third kappa shape index (κ3) is 2.12. The van der Waals surface area contributed by atoms with Crippen LogP contribution in [0, 0.1) is 17.3 Å². The van der Waals surface area contributed by atoms with E-state index in [-0.39, 0.29) is 0 Å². The lowest BCUT2D eigenvalue weighted by Gasteiger charge is -2.49. The molecule has 0 aromatic carbocycles. The van der Waals surface area contributed by atoms with Gasteiger partial charge in [0.2, 0.25) is 0 Å². The monoisotopic (exact) mass is 250 g/mol. The van der Waals surface area contributed by atoms with E-state index in [0.29, 0.717) is 5.41 Å². The van der Waals surface area contributed by atoms with Crippen LogP contribution in [0.15, 0.2) is 0 Å². The van der Waals surface area contributed by atoms with E-state index in [1.807, 2.05) is 0 Å². The average Bonchev–Trinajstić information content (AvgIpc) is 2.73. The lowest BCUT2D eigenvalue weighted by molar-refractivity contribution is 0.0256. The maximum absolute atomic E-state index is 3.67. The van der Waals surface area contributed by atoms with Crippen LogP contribution in [-0.2, 0) is 0 Å². The lowest BCUT2D eigenvalue weighted by Crippen LogP contribution is -2.53. The number of nitrogens with one attached hydrogen (secondary N) is 1. The zero-order valence-electron chi connectivity index (χ0n) is 12.3. The molecule has 0 saturated carbocycles. The highest BCUT2D eigenvalue weighted by molar-refractivity contribution is 5.06. The van der Waals surface area contributed by atoms with Gasteiger partial charge in [0.15, 0.2) is 0 Å². The highest BCUT2D eigenvalue weighted by Gasteiger charge is 2.52. The van der Waals surface area contributed by atoms with Crippen LogP contribution in [0.1, 0.15) is 52.4 Å². The van der Waals surface area contributed by atoms with Crippen LogP contribution in [-0.4, -0.2) is 37.1 Å². The van der Waals surface area contributed by atoms with Gasteiger partial charge < -0.3 is 5.32 Å². The van der Waals surface area contributed by atoms with Crippen molar-refractivity contribution in [2.45, 2.75) is 58.4 Å². The van der Waals surface area contributed by atoms with E-state index in [2.05, 4.69) is 24.1 Å². The van der Waals surface area contributed by atoms with Crippen molar-refractivity contribution < 1.29 is 0 Å². The molecule has 18 heavy (non-hydrogen) atoms. The summed E-state index contributed by atoms with van der Waals surface area (Å²) < 4.78 is 0. The van der Waals surface area contributed by atoms with Gasteiger partial charge in [0, 0.05) is 6.04 Å². The normalized spacial score (nSPS) is 41.5. The van der Waals surface area contributed by atoms with Gasteiger partial charge in [-0.15, -0.1) is 0 Å². The molecule has 0 aromatic rings. The number of fused-ring (bicyclic) bond motifs is 2. The zero-order chi connectivity index (χ0) is 12.6. The molecule has 3 fully saturated rings. The van der Waals surface area contributed by atoms with Crippen molar-refractivity contribution in [2.75, 3.05) is 26.2 Å². The molecular formula is C16H30N2. The topological polar surface area (TPSA) is 15.3 Å². The molecule has 104 valence electrons. The molecule has 1 spiro atoms. The molecule has 0 amide bonds. The van der Waals surface area contributed by atoms with Gasteiger partial charge in [0.05, 0.1) is 0 Å². The van der Waals surface area contributed by atoms with Gasteiger partial charge in [-0.3, -0.25) is 4.90 Å². The number of nitrogens with zero attached hydrogens (tertiary/aromatic N) is 1. The Kier molecular flexibility index (Phi) is 3.68. The highest BCUT2D eigenvalue weighted by atomic mass is 15.2. The molecule has 0 aliphatic carbocycles. The third-order valence-corrected chi connectivity index (χ3v) is 5.87. The largest absolute Gasteiger partial charge is 0.316 e. The second-order valence-electron chi connectivity index (χ2n) is 7.31. The molecule has 0 aromatic heterocycles. The Morgan fingerprint density at radius 2 is 2.11 bits per heavy atom. The molecule has 3 aliphatic rings. The molecule has 3 aliphatic heterocycles. The van der Waals surface area contributed by atoms with Crippen LogP contribution in [0.4, 0.5) is 0 Å². The Labute approximate surface area is 113 Å². The van der Waals surface area contributed by atoms with E-state index >= 15 is 0 Å². The molecule has 3 heterocycles. The second-order valence-corrected chi connectivity index (χ2v) is 7.31. The number of rotatable bonds is 2. The summed E-state index contributed by atoms with van der Waals surface area (Å²) in [4.78, 5) is 2.84. The fraction of sp³-hybridized carbons (Fsp3) is 1.00. The van der Waals surface area contributed by atoms with Gasteiger partial charge in [-0.25, -0.2) is 0 Å². The minimum absolute atomic E-state index is 0.677. The van der Waals surface area contributed by atoms with Gasteiger partial charge in [-0.2, -0.15) is 0 Å². The van der Waals surface area contributed by atoms with E-state index < -0.39 is 0 Å².